The van der Waals surface area contributed by atoms with E-state index in [9.17, 15) is 0 Å². The summed E-state index contributed by atoms with van der Waals surface area (Å²) in [6.45, 7) is 8.90. The van der Waals surface area contributed by atoms with E-state index in [1.807, 2.05) is 43.5 Å². The summed E-state index contributed by atoms with van der Waals surface area (Å²) >= 11 is -1.90. The second kappa shape index (κ2) is 13.9. The van der Waals surface area contributed by atoms with Crippen LogP contribution in [0.2, 0.25) is 17.3 Å². The number of benzene rings is 2. The number of pyridine rings is 3. The van der Waals surface area contributed by atoms with Crippen LogP contribution in [0.5, 0.6) is 0 Å². The number of hydrogen-bond acceptors (Lipinski definition) is 4. The van der Waals surface area contributed by atoms with Gasteiger partial charge in [0, 0.05) is 37.4 Å². The van der Waals surface area contributed by atoms with Crippen molar-refractivity contribution < 1.29 is 24.5 Å². The fourth-order valence-corrected chi connectivity index (χ4v) is 9.66. The van der Waals surface area contributed by atoms with Crippen LogP contribution in [0.4, 0.5) is 0 Å². The largest absolute Gasteiger partial charge is 0.486 e. The van der Waals surface area contributed by atoms with E-state index in [1.165, 1.54) is 33.9 Å². The van der Waals surface area contributed by atoms with Gasteiger partial charge >= 0.3 is 132 Å². The van der Waals surface area contributed by atoms with Gasteiger partial charge in [-0.05, 0) is 56.5 Å². The monoisotopic (exact) mass is 848 g/mol. The Balaban J connectivity index is 0.000000179. The maximum absolute atomic E-state index is 6.13. The normalized spacial score (nSPS) is 13.1. The zero-order valence-electron chi connectivity index (χ0n) is 28.0. The van der Waals surface area contributed by atoms with Crippen molar-refractivity contribution in [3.8, 4) is 22.5 Å². The fraction of sp³-hybridized carbons (Fsp3) is 0.325. The van der Waals surface area contributed by atoms with Gasteiger partial charge in [0.25, 0.3) is 0 Å². The molecule has 4 nitrogen and oxygen atoms in total. The topological polar surface area (TPSA) is 51.8 Å². The van der Waals surface area contributed by atoms with Gasteiger partial charge in [-0.25, -0.2) is 4.98 Å². The van der Waals surface area contributed by atoms with Gasteiger partial charge in [0.15, 0.2) is 0 Å². The molecule has 2 aromatic carbocycles. The van der Waals surface area contributed by atoms with E-state index in [-0.39, 0.29) is 20.1 Å². The van der Waals surface area contributed by atoms with Crippen molar-refractivity contribution in [1.29, 1.82) is 0 Å². The van der Waals surface area contributed by atoms with Gasteiger partial charge in [-0.2, -0.15) is 0 Å². The molecule has 4 heterocycles. The Hall–Kier alpha value is -3.12. The van der Waals surface area contributed by atoms with Crippen molar-refractivity contribution in [2.45, 2.75) is 77.1 Å². The van der Waals surface area contributed by atoms with Gasteiger partial charge in [-0.3, -0.25) is 0 Å². The number of hydrogen-bond donors (Lipinski definition) is 0. The van der Waals surface area contributed by atoms with Gasteiger partial charge in [0.05, 0.1) is 5.58 Å². The molecule has 0 fully saturated rings. The number of aryl methyl sites for hydroxylation is 2. The number of fused-ring (bicyclic) bond motifs is 4. The summed E-state index contributed by atoms with van der Waals surface area (Å²) in [5, 5.41) is 2.14. The minimum atomic E-state index is -1.90. The van der Waals surface area contributed by atoms with E-state index < -0.39 is 13.3 Å². The Morgan fingerprint density at radius 3 is 2.43 bits per heavy atom. The molecular weight excluding hydrogens is 803 g/mol. The molecule has 0 bridgehead atoms. The Morgan fingerprint density at radius 1 is 0.891 bits per heavy atom. The van der Waals surface area contributed by atoms with Gasteiger partial charge in [-0.15, -0.1) is 18.2 Å². The second-order valence-corrected chi connectivity index (χ2v) is 25.1. The Morgan fingerprint density at radius 2 is 1.70 bits per heavy atom. The van der Waals surface area contributed by atoms with Crippen LogP contribution in [0.1, 0.15) is 56.0 Å². The van der Waals surface area contributed by atoms with Crippen LogP contribution >= 0.6 is 0 Å². The van der Waals surface area contributed by atoms with Crippen molar-refractivity contribution in [3.63, 3.8) is 0 Å². The first-order valence-electron chi connectivity index (χ1n) is 16.1. The molecule has 6 aromatic rings. The third kappa shape index (κ3) is 7.54. The molecule has 0 unspecified atom stereocenters. The molecule has 0 saturated heterocycles. The van der Waals surface area contributed by atoms with E-state index in [4.69, 9.17) is 9.40 Å². The predicted molar refractivity (Wildman–Crippen MR) is 190 cm³/mol. The van der Waals surface area contributed by atoms with Crippen LogP contribution in [0.25, 0.3) is 44.6 Å². The summed E-state index contributed by atoms with van der Waals surface area (Å²) in [6.07, 6.45) is 9.87. The minimum Gasteiger partial charge on any atom is -0.486 e. The van der Waals surface area contributed by atoms with Crippen LogP contribution in [-0.4, -0.2) is 28.2 Å². The zero-order chi connectivity index (χ0) is 31.8. The molecule has 0 spiro atoms. The third-order valence-corrected chi connectivity index (χ3v) is 12.8. The van der Waals surface area contributed by atoms with Gasteiger partial charge in [0.1, 0.15) is 0 Å². The zero-order valence-corrected chi connectivity index (χ0v) is 32.5. The molecule has 1 radical (unpaired) electrons. The molecule has 239 valence electrons. The van der Waals surface area contributed by atoms with Gasteiger partial charge < -0.3 is 9.40 Å². The number of furan rings is 1. The maximum Gasteiger partial charge on any atom is 0.216 e. The Labute approximate surface area is 290 Å². The number of nitrogens with zero attached hydrogens (tertiary/aromatic N) is 3. The number of aromatic nitrogens is 3. The van der Waals surface area contributed by atoms with Crippen LogP contribution in [-0.2, 0) is 39.4 Å². The Bertz CT molecular complexity index is 1970. The summed E-state index contributed by atoms with van der Waals surface area (Å²) in [6, 6.07) is 27.3. The van der Waals surface area contributed by atoms with Gasteiger partial charge in [0.2, 0.25) is 5.71 Å². The molecule has 0 N–H and O–H groups in total. The van der Waals surface area contributed by atoms with Crippen molar-refractivity contribution in [2.75, 3.05) is 0 Å². The summed E-state index contributed by atoms with van der Waals surface area (Å²) in [4.78, 5) is 13.9. The summed E-state index contributed by atoms with van der Waals surface area (Å²) in [5.41, 5.74) is 11.2. The molecule has 0 saturated carbocycles. The molecule has 1 aliphatic carbocycles. The van der Waals surface area contributed by atoms with Gasteiger partial charge in [-0.1, -0.05) is 22.1 Å². The van der Waals surface area contributed by atoms with Crippen molar-refractivity contribution in [2.24, 2.45) is 5.41 Å². The molecule has 0 atom stereocenters. The second-order valence-electron chi connectivity index (χ2n) is 14.5. The average Bonchev–Trinajstić information content (AvgIpc) is 3.38. The van der Waals surface area contributed by atoms with E-state index in [0.29, 0.717) is 11.1 Å². The molecular formula is C40H43GeIrN3O-2. The molecule has 1 aliphatic rings. The molecule has 0 aliphatic heterocycles. The smallest absolute Gasteiger partial charge is 0.216 e. The predicted octanol–water partition coefficient (Wildman–Crippen LogP) is 9.71. The van der Waals surface area contributed by atoms with Crippen LogP contribution < -0.4 is 4.40 Å². The minimum absolute atomic E-state index is 0. The van der Waals surface area contributed by atoms with Crippen molar-refractivity contribution in [3.05, 3.63) is 108 Å². The summed E-state index contributed by atoms with van der Waals surface area (Å²) in [5.74, 6) is 7.33. The molecule has 0 amide bonds. The van der Waals surface area contributed by atoms with E-state index in [0.717, 1.165) is 63.8 Å². The third-order valence-electron chi connectivity index (χ3n) is 8.45. The first kappa shape index (κ1) is 34.2. The standard InChI is InChI=1S/C21H17N2O.C19H26GeN.Ir/c1-13-9-10-17-16-7-4-8-18(20(16)24-21(17)23-13)19-15-6-3-2-5-14(15)11-12-22-19;1-19(2,3)13-16-12-18(15-10-8-7-9-11-15)21-14-17(16)20(4,5)6;/h4,7,9-12H,2-3,5-6H2,1H3;7-10,12,14H,13H2,1-6H3;/q2*-1;. The van der Waals surface area contributed by atoms with Crippen LogP contribution in [0, 0.1) is 24.5 Å². The molecule has 46 heavy (non-hydrogen) atoms. The first-order chi connectivity index (χ1) is 21.5. The average molecular weight is 847 g/mol. The molecule has 7 rings (SSSR count). The van der Waals surface area contributed by atoms with Crippen LogP contribution in [0.3, 0.4) is 0 Å². The Kier molecular flexibility index (Phi) is 10.4. The summed E-state index contributed by atoms with van der Waals surface area (Å²) in [7, 11) is 0. The van der Waals surface area contributed by atoms with E-state index in [2.05, 4.69) is 96.7 Å². The van der Waals surface area contributed by atoms with E-state index >= 15 is 0 Å². The van der Waals surface area contributed by atoms with Crippen LogP contribution in [0.15, 0.2) is 77.5 Å². The van der Waals surface area contributed by atoms with Crippen molar-refractivity contribution in [1.82, 2.24) is 15.0 Å². The molecule has 4 aromatic heterocycles. The maximum atomic E-state index is 6.13. The quantitative estimate of drug-likeness (QED) is 0.131. The van der Waals surface area contributed by atoms with Crippen molar-refractivity contribution >= 4 is 39.7 Å². The number of rotatable bonds is 4. The summed E-state index contributed by atoms with van der Waals surface area (Å²) < 4.78 is 7.66. The first-order valence-corrected chi connectivity index (χ1v) is 23.5. The molecule has 6 heteroatoms. The SMILES string of the molecule is CC(C)(C)Cc1cc(-c2[c-]cccc2)nc[c]1[Ge]([CH3])([CH3])[CH3].Cc1ccc2c(n1)oc1c(-c3nccc4c3CCCC4)[c-]ccc12.[Ir]. The fourth-order valence-electron chi connectivity index (χ4n) is 6.36. The van der Waals surface area contributed by atoms with E-state index in [1.54, 1.807) is 0 Å².